The predicted molar refractivity (Wildman–Crippen MR) is 92.1 cm³/mol. The molecule has 0 radical (unpaired) electrons. The second-order valence-electron chi connectivity index (χ2n) is 5.83. The summed E-state index contributed by atoms with van der Waals surface area (Å²) in [6.07, 6.45) is 0.196. The second kappa shape index (κ2) is 6.74. The lowest BCUT2D eigenvalue weighted by Crippen LogP contribution is -2.39. The van der Waals surface area contributed by atoms with E-state index in [2.05, 4.69) is 5.32 Å². The average molecular weight is 324 g/mol. The number of methoxy groups -OCH3 is 1. The third kappa shape index (κ3) is 3.11. The number of ether oxygens (including phenoxy) is 1. The monoisotopic (exact) mass is 324 g/mol. The highest BCUT2D eigenvalue weighted by molar-refractivity contribution is 6.02. The lowest BCUT2D eigenvalue weighted by atomic mass is 9.89. The van der Waals surface area contributed by atoms with Crippen molar-refractivity contribution in [1.82, 2.24) is 5.32 Å². The normalized spacial score (nSPS) is 16.5. The molecule has 5 heteroatoms. The number of rotatable bonds is 4. The minimum absolute atomic E-state index is 0.0432. The minimum atomic E-state index is -0.442. The zero-order chi connectivity index (χ0) is 17.1. The van der Waals surface area contributed by atoms with E-state index < -0.39 is 5.92 Å². The highest BCUT2D eigenvalue weighted by atomic mass is 16.5. The van der Waals surface area contributed by atoms with Crippen LogP contribution in [0.3, 0.4) is 0 Å². The van der Waals surface area contributed by atoms with Crippen LogP contribution in [0, 0.1) is 0 Å². The van der Waals surface area contributed by atoms with Gasteiger partial charge in [-0.25, -0.2) is 0 Å². The van der Waals surface area contributed by atoms with Gasteiger partial charge in [0.2, 0.25) is 11.8 Å². The number of hydrogen-bond acceptors (Lipinski definition) is 3. The number of carbonyl (C=O) groups excluding carboxylic acids is 2. The molecule has 0 saturated heterocycles. The summed E-state index contributed by atoms with van der Waals surface area (Å²) in [5.74, 6) is 0.168. The third-order valence-electron chi connectivity index (χ3n) is 4.37. The summed E-state index contributed by atoms with van der Waals surface area (Å²) in [4.78, 5) is 26.4. The van der Waals surface area contributed by atoms with Crippen molar-refractivity contribution in [2.75, 3.05) is 19.1 Å². The van der Waals surface area contributed by atoms with Crippen LogP contribution in [0.25, 0.3) is 0 Å². The van der Waals surface area contributed by atoms with Crippen LogP contribution in [0.5, 0.6) is 5.75 Å². The lowest BCUT2D eigenvalue weighted by molar-refractivity contribution is -0.127. The van der Waals surface area contributed by atoms with Gasteiger partial charge in [0.25, 0.3) is 0 Å². The first-order chi connectivity index (χ1) is 11.6. The highest BCUT2D eigenvalue weighted by Crippen LogP contribution is 2.35. The van der Waals surface area contributed by atoms with E-state index in [1.807, 2.05) is 48.5 Å². The molecule has 1 atom stereocenters. The number of para-hydroxylation sites is 1. The summed E-state index contributed by atoms with van der Waals surface area (Å²) < 4.78 is 5.12. The van der Waals surface area contributed by atoms with Gasteiger partial charge >= 0.3 is 0 Å². The van der Waals surface area contributed by atoms with Crippen LogP contribution < -0.4 is 15.0 Å². The molecule has 0 fully saturated rings. The van der Waals surface area contributed by atoms with Crippen molar-refractivity contribution < 1.29 is 14.3 Å². The Labute approximate surface area is 141 Å². The molecule has 1 N–H and O–H groups in total. The van der Waals surface area contributed by atoms with Gasteiger partial charge in [0, 0.05) is 25.7 Å². The largest absolute Gasteiger partial charge is 0.497 e. The van der Waals surface area contributed by atoms with E-state index >= 15 is 0 Å². The maximum absolute atomic E-state index is 12.6. The summed E-state index contributed by atoms with van der Waals surface area (Å²) >= 11 is 0. The Morgan fingerprint density at radius 1 is 1.21 bits per heavy atom. The van der Waals surface area contributed by atoms with Gasteiger partial charge in [-0.15, -0.1) is 0 Å². The van der Waals surface area contributed by atoms with Crippen molar-refractivity contribution in [1.29, 1.82) is 0 Å². The Hall–Kier alpha value is -2.82. The van der Waals surface area contributed by atoms with Crippen molar-refractivity contribution in [2.45, 2.75) is 18.9 Å². The fourth-order valence-corrected chi connectivity index (χ4v) is 2.93. The van der Waals surface area contributed by atoms with E-state index in [0.717, 1.165) is 22.6 Å². The van der Waals surface area contributed by atoms with Crippen LogP contribution in [-0.2, 0) is 16.1 Å². The molecule has 24 heavy (non-hydrogen) atoms. The lowest BCUT2D eigenvalue weighted by Gasteiger charge is -2.30. The fourth-order valence-electron chi connectivity index (χ4n) is 2.93. The van der Waals surface area contributed by atoms with Crippen molar-refractivity contribution in [3.05, 3.63) is 59.7 Å². The Bertz CT molecular complexity index is 755. The molecule has 1 aliphatic heterocycles. The van der Waals surface area contributed by atoms with Gasteiger partial charge in [-0.1, -0.05) is 30.3 Å². The summed E-state index contributed by atoms with van der Waals surface area (Å²) in [6.45, 7) is 0.422. The van der Waals surface area contributed by atoms with Crippen molar-refractivity contribution >= 4 is 17.5 Å². The first-order valence-electron chi connectivity index (χ1n) is 7.86. The average Bonchev–Trinajstić information content (AvgIpc) is 2.63. The van der Waals surface area contributed by atoms with Crippen LogP contribution >= 0.6 is 0 Å². The van der Waals surface area contributed by atoms with Crippen molar-refractivity contribution in [3.8, 4) is 5.75 Å². The number of carbonyl (C=O) groups is 2. The van der Waals surface area contributed by atoms with E-state index in [1.54, 1.807) is 19.1 Å². The summed E-state index contributed by atoms with van der Waals surface area (Å²) in [7, 11) is 3.36. The number of nitrogens with zero attached hydrogens (tertiary/aromatic N) is 1. The van der Waals surface area contributed by atoms with Gasteiger partial charge in [-0.05, 0) is 29.3 Å². The maximum atomic E-state index is 12.6. The van der Waals surface area contributed by atoms with Crippen LogP contribution in [0.4, 0.5) is 5.69 Å². The molecule has 1 unspecified atom stereocenters. The van der Waals surface area contributed by atoms with E-state index in [-0.39, 0.29) is 18.2 Å². The molecule has 1 heterocycles. The summed E-state index contributed by atoms with van der Waals surface area (Å²) in [5, 5.41) is 2.93. The topological polar surface area (TPSA) is 58.6 Å². The van der Waals surface area contributed by atoms with Gasteiger partial charge < -0.3 is 15.0 Å². The van der Waals surface area contributed by atoms with Gasteiger partial charge in [-0.3, -0.25) is 9.59 Å². The van der Waals surface area contributed by atoms with Crippen LogP contribution in [0.1, 0.15) is 23.5 Å². The third-order valence-corrected chi connectivity index (χ3v) is 4.37. The Morgan fingerprint density at radius 2 is 1.92 bits per heavy atom. The number of benzene rings is 2. The highest BCUT2D eigenvalue weighted by Gasteiger charge is 2.33. The molecule has 0 aliphatic carbocycles. The smallest absolute Gasteiger partial charge is 0.228 e. The van der Waals surface area contributed by atoms with Crippen LogP contribution in [0.15, 0.2) is 48.5 Å². The van der Waals surface area contributed by atoms with E-state index in [4.69, 9.17) is 4.74 Å². The Balaban J connectivity index is 1.72. The Kier molecular flexibility index (Phi) is 4.51. The molecule has 3 rings (SSSR count). The van der Waals surface area contributed by atoms with Crippen molar-refractivity contribution in [2.24, 2.45) is 0 Å². The molecule has 0 bridgehead atoms. The van der Waals surface area contributed by atoms with Gasteiger partial charge in [0.1, 0.15) is 5.75 Å². The van der Waals surface area contributed by atoms with Crippen LogP contribution in [0.2, 0.25) is 0 Å². The molecular weight excluding hydrogens is 304 g/mol. The zero-order valence-corrected chi connectivity index (χ0v) is 13.8. The quantitative estimate of drug-likeness (QED) is 0.940. The Morgan fingerprint density at radius 3 is 2.62 bits per heavy atom. The van der Waals surface area contributed by atoms with Gasteiger partial charge in [0.15, 0.2) is 0 Å². The van der Waals surface area contributed by atoms with Gasteiger partial charge in [0.05, 0.1) is 13.0 Å². The van der Waals surface area contributed by atoms with Crippen LogP contribution in [-0.4, -0.2) is 26.0 Å². The predicted octanol–water partition coefficient (Wildman–Crippen LogP) is 2.46. The molecule has 0 aromatic heterocycles. The van der Waals surface area contributed by atoms with E-state index in [9.17, 15) is 9.59 Å². The second-order valence-corrected chi connectivity index (χ2v) is 5.83. The maximum Gasteiger partial charge on any atom is 0.228 e. The molecule has 0 saturated carbocycles. The molecule has 2 amide bonds. The van der Waals surface area contributed by atoms with E-state index in [1.165, 1.54) is 0 Å². The van der Waals surface area contributed by atoms with E-state index in [0.29, 0.717) is 6.54 Å². The minimum Gasteiger partial charge on any atom is -0.497 e. The number of hydrogen-bond donors (Lipinski definition) is 1. The molecule has 1 aliphatic rings. The molecule has 5 nitrogen and oxygen atoms in total. The molecule has 0 spiro atoms. The SMILES string of the molecule is COc1ccc(CNC(=O)C2CC(=O)N(C)c3ccccc32)cc1. The molecular formula is C19H20N2O3. The first-order valence-corrected chi connectivity index (χ1v) is 7.86. The number of amides is 2. The summed E-state index contributed by atoms with van der Waals surface area (Å²) in [5.41, 5.74) is 2.68. The standard InChI is InChI=1S/C19H20N2O3/c1-21-17-6-4-3-5-15(17)16(11-18(21)22)19(23)20-12-13-7-9-14(24-2)10-8-13/h3-10,16H,11-12H2,1-2H3,(H,20,23). The molecule has 2 aromatic carbocycles. The van der Waals surface area contributed by atoms with Gasteiger partial charge in [-0.2, -0.15) is 0 Å². The number of anilines is 1. The fraction of sp³-hybridized carbons (Fsp3) is 0.263. The molecule has 2 aromatic rings. The first kappa shape index (κ1) is 16.1. The number of nitrogens with one attached hydrogen (secondary N) is 1. The van der Waals surface area contributed by atoms with Crippen molar-refractivity contribution in [3.63, 3.8) is 0 Å². The zero-order valence-electron chi connectivity index (χ0n) is 13.8. The summed E-state index contributed by atoms with van der Waals surface area (Å²) in [6, 6.07) is 15.1. The molecule has 124 valence electrons. The number of fused-ring (bicyclic) bond motifs is 1.